The van der Waals surface area contributed by atoms with E-state index in [9.17, 15) is 9.59 Å². The molecule has 1 unspecified atom stereocenters. The summed E-state index contributed by atoms with van der Waals surface area (Å²) in [6.45, 7) is -0.425. The summed E-state index contributed by atoms with van der Waals surface area (Å²) in [6.07, 6.45) is 0. The summed E-state index contributed by atoms with van der Waals surface area (Å²) in [5, 5.41) is -0.911. The van der Waals surface area contributed by atoms with Crippen LogP contribution in [0.4, 0.5) is 0 Å². The van der Waals surface area contributed by atoms with E-state index in [0.29, 0.717) is 5.56 Å². The number of hydrogen-bond donors (Lipinski definition) is 0. The van der Waals surface area contributed by atoms with Crippen molar-refractivity contribution in [3.63, 3.8) is 0 Å². The first kappa shape index (κ1) is 12.5. The fourth-order valence-electron chi connectivity index (χ4n) is 1.02. The summed E-state index contributed by atoms with van der Waals surface area (Å²) in [5.74, 6) is -1.29. The molecule has 0 radical (unpaired) electrons. The van der Waals surface area contributed by atoms with Crippen LogP contribution < -0.4 is 0 Å². The highest BCUT2D eigenvalue weighted by atomic mass is 35.5. The number of carbonyl (C=O) groups is 2. The fourth-order valence-corrected chi connectivity index (χ4v) is 1.23. The Morgan fingerprint density at radius 3 is 2.50 bits per heavy atom. The van der Waals surface area contributed by atoms with E-state index in [4.69, 9.17) is 11.6 Å². The number of hydrogen-bond acceptors (Lipinski definition) is 4. The van der Waals surface area contributed by atoms with Gasteiger partial charge in [-0.15, -0.1) is 11.6 Å². The van der Waals surface area contributed by atoms with Gasteiger partial charge in [-0.3, -0.25) is 4.79 Å². The van der Waals surface area contributed by atoms with Gasteiger partial charge in [0.15, 0.2) is 12.0 Å². The van der Waals surface area contributed by atoms with Crippen LogP contribution in [0.2, 0.25) is 0 Å². The van der Waals surface area contributed by atoms with Crippen LogP contribution in [0, 0.1) is 0 Å². The Kier molecular flexibility index (Phi) is 4.79. The molecule has 0 fully saturated rings. The average molecular weight is 243 g/mol. The number of ether oxygens (including phenoxy) is 2. The van der Waals surface area contributed by atoms with Crippen LogP contribution in [-0.4, -0.2) is 25.7 Å². The highest BCUT2D eigenvalue weighted by molar-refractivity contribution is 6.30. The molecular weight excluding hydrogens is 232 g/mol. The zero-order valence-corrected chi connectivity index (χ0v) is 9.44. The lowest BCUT2D eigenvalue weighted by Gasteiger charge is -2.08. The van der Waals surface area contributed by atoms with Gasteiger partial charge in [0.25, 0.3) is 0 Å². The molecule has 86 valence electrons. The van der Waals surface area contributed by atoms with Crippen molar-refractivity contribution in [1.29, 1.82) is 0 Å². The Hall–Kier alpha value is -1.55. The number of esters is 2. The molecule has 0 saturated heterocycles. The van der Waals surface area contributed by atoms with Gasteiger partial charge in [0.2, 0.25) is 0 Å². The Morgan fingerprint density at radius 1 is 1.31 bits per heavy atom. The number of methoxy groups -OCH3 is 1. The number of benzene rings is 1. The zero-order valence-electron chi connectivity index (χ0n) is 8.68. The molecule has 0 saturated carbocycles. The number of rotatable bonds is 4. The van der Waals surface area contributed by atoms with Gasteiger partial charge in [-0.2, -0.15) is 0 Å². The van der Waals surface area contributed by atoms with Gasteiger partial charge < -0.3 is 9.47 Å². The molecule has 0 aliphatic heterocycles. The van der Waals surface area contributed by atoms with Crippen LogP contribution in [0.25, 0.3) is 0 Å². The lowest BCUT2D eigenvalue weighted by molar-refractivity contribution is -0.156. The molecule has 16 heavy (non-hydrogen) atoms. The lowest BCUT2D eigenvalue weighted by Crippen LogP contribution is -2.18. The van der Waals surface area contributed by atoms with Gasteiger partial charge in [-0.1, -0.05) is 30.3 Å². The minimum Gasteiger partial charge on any atom is -0.466 e. The maximum atomic E-state index is 11.4. The van der Waals surface area contributed by atoms with E-state index in [1.54, 1.807) is 24.3 Å². The number of halogens is 1. The second-order valence-electron chi connectivity index (χ2n) is 2.96. The molecule has 0 heterocycles. The summed E-state index contributed by atoms with van der Waals surface area (Å²) < 4.78 is 8.99. The minimum absolute atomic E-state index is 0.425. The van der Waals surface area contributed by atoms with Gasteiger partial charge in [0.1, 0.15) is 0 Å². The minimum atomic E-state index is -0.911. The van der Waals surface area contributed by atoms with E-state index < -0.39 is 23.9 Å². The molecule has 1 rings (SSSR count). The molecule has 1 aromatic carbocycles. The van der Waals surface area contributed by atoms with Crippen molar-refractivity contribution in [2.45, 2.75) is 5.38 Å². The molecular formula is C11H11ClO4. The standard InChI is InChI=1S/C11H11ClO4/c1-15-9(13)7-16-11(14)10(12)8-5-3-2-4-6-8/h2-6,10H,7H2,1H3. The molecule has 0 amide bonds. The van der Waals surface area contributed by atoms with Gasteiger partial charge >= 0.3 is 11.9 Å². The van der Waals surface area contributed by atoms with Crippen LogP contribution >= 0.6 is 11.6 Å². The maximum Gasteiger partial charge on any atom is 0.344 e. The van der Waals surface area contributed by atoms with E-state index in [2.05, 4.69) is 9.47 Å². The Morgan fingerprint density at radius 2 is 1.94 bits per heavy atom. The summed E-state index contributed by atoms with van der Waals surface area (Å²) >= 11 is 5.86. The molecule has 0 aliphatic rings. The van der Waals surface area contributed by atoms with Crippen molar-refractivity contribution in [2.75, 3.05) is 13.7 Å². The molecule has 0 N–H and O–H groups in total. The van der Waals surface area contributed by atoms with Crippen LogP contribution in [0.3, 0.4) is 0 Å². The summed E-state index contributed by atoms with van der Waals surface area (Å²) in [4.78, 5) is 22.1. The first-order chi connectivity index (χ1) is 7.65. The highest BCUT2D eigenvalue weighted by Gasteiger charge is 2.19. The molecule has 5 heteroatoms. The predicted octanol–water partition coefficient (Wildman–Crippen LogP) is 1.68. The molecule has 0 spiro atoms. The van der Waals surface area contributed by atoms with E-state index in [1.807, 2.05) is 6.07 Å². The first-order valence-corrected chi connectivity index (χ1v) is 5.01. The second kappa shape index (κ2) is 6.12. The number of alkyl halides is 1. The Labute approximate surface area is 98.1 Å². The molecule has 0 bridgehead atoms. The lowest BCUT2D eigenvalue weighted by atomic mass is 10.1. The number of carbonyl (C=O) groups excluding carboxylic acids is 2. The molecule has 1 atom stereocenters. The van der Waals surface area contributed by atoms with E-state index in [0.717, 1.165) is 0 Å². The quantitative estimate of drug-likeness (QED) is 0.596. The van der Waals surface area contributed by atoms with Gasteiger partial charge in [0, 0.05) is 0 Å². The van der Waals surface area contributed by atoms with Crippen molar-refractivity contribution in [3.05, 3.63) is 35.9 Å². The van der Waals surface area contributed by atoms with Crippen molar-refractivity contribution in [3.8, 4) is 0 Å². The average Bonchev–Trinajstić information content (AvgIpc) is 2.35. The smallest absolute Gasteiger partial charge is 0.344 e. The fraction of sp³-hybridized carbons (Fsp3) is 0.273. The SMILES string of the molecule is COC(=O)COC(=O)C(Cl)c1ccccc1. The van der Waals surface area contributed by atoms with E-state index in [-0.39, 0.29) is 0 Å². The molecule has 0 aromatic heterocycles. The molecule has 1 aromatic rings. The monoisotopic (exact) mass is 242 g/mol. The first-order valence-electron chi connectivity index (χ1n) is 4.57. The topological polar surface area (TPSA) is 52.6 Å². The predicted molar refractivity (Wildman–Crippen MR) is 58.0 cm³/mol. The van der Waals surface area contributed by atoms with E-state index >= 15 is 0 Å². The third-order valence-electron chi connectivity index (χ3n) is 1.86. The van der Waals surface area contributed by atoms with Crippen molar-refractivity contribution in [1.82, 2.24) is 0 Å². The van der Waals surface area contributed by atoms with Gasteiger partial charge in [-0.25, -0.2) is 4.79 Å². The normalized spacial score (nSPS) is 11.6. The van der Waals surface area contributed by atoms with Crippen LogP contribution in [0.15, 0.2) is 30.3 Å². The van der Waals surface area contributed by atoms with Crippen LogP contribution in [-0.2, 0) is 19.1 Å². The van der Waals surface area contributed by atoms with Gasteiger partial charge in [-0.05, 0) is 5.56 Å². The largest absolute Gasteiger partial charge is 0.466 e. The van der Waals surface area contributed by atoms with Crippen molar-refractivity contribution in [2.24, 2.45) is 0 Å². The summed E-state index contributed by atoms with van der Waals surface area (Å²) in [5.41, 5.74) is 0.624. The summed E-state index contributed by atoms with van der Waals surface area (Å²) in [6, 6.07) is 8.75. The molecule has 0 aliphatic carbocycles. The second-order valence-corrected chi connectivity index (χ2v) is 3.39. The third-order valence-corrected chi connectivity index (χ3v) is 2.29. The third kappa shape index (κ3) is 3.55. The van der Waals surface area contributed by atoms with E-state index in [1.165, 1.54) is 7.11 Å². The van der Waals surface area contributed by atoms with Gasteiger partial charge in [0.05, 0.1) is 7.11 Å². The zero-order chi connectivity index (χ0) is 12.0. The van der Waals surface area contributed by atoms with Crippen molar-refractivity contribution < 1.29 is 19.1 Å². The maximum absolute atomic E-state index is 11.4. The summed E-state index contributed by atoms with van der Waals surface area (Å²) in [7, 11) is 1.21. The highest BCUT2D eigenvalue weighted by Crippen LogP contribution is 2.21. The van der Waals surface area contributed by atoms with Crippen molar-refractivity contribution >= 4 is 23.5 Å². The van der Waals surface area contributed by atoms with Crippen LogP contribution in [0.1, 0.15) is 10.9 Å². The Bertz CT molecular complexity index is 364. The molecule has 4 nitrogen and oxygen atoms in total. The Balaban J connectivity index is 2.52. The van der Waals surface area contributed by atoms with Crippen LogP contribution in [0.5, 0.6) is 0 Å².